The SMILES string of the molecule is N#Cc1ccccc1-c1cnn2cc(Br)cnc12. The summed E-state index contributed by atoms with van der Waals surface area (Å²) in [4.78, 5) is 4.34. The fourth-order valence-electron chi connectivity index (χ4n) is 1.86. The van der Waals surface area contributed by atoms with E-state index in [4.69, 9.17) is 5.26 Å². The Labute approximate surface area is 112 Å². The van der Waals surface area contributed by atoms with Crippen molar-refractivity contribution in [3.05, 3.63) is 52.9 Å². The van der Waals surface area contributed by atoms with Crippen molar-refractivity contribution < 1.29 is 0 Å². The molecule has 0 spiro atoms. The number of rotatable bonds is 1. The number of nitrogens with zero attached hydrogens (tertiary/aromatic N) is 4. The number of benzene rings is 1. The maximum absolute atomic E-state index is 9.13. The zero-order valence-corrected chi connectivity index (χ0v) is 10.8. The summed E-state index contributed by atoms with van der Waals surface area (Å²) in [6, 6.07) is 9.62. The Morgan fingerprint density at radius 2 is 2.00 bits per heavy atom. The summed E-state index contributed by atoms with van der Waals surface area (Å²) >= 11 is 3.35. The van der Waals surface area contributed by atoms with E-state index in [2.05, 4.69) is 32.1 Å². The van der Waals surface area contributed by atoms with Gasteiger partial charge >= 0.3 is 0 Å². The molecule has 0 bridgehead atoms. The van der Waals surface area contributed by atoms with Crippen molar-refractivity contribution in [3.63, 3.8) is 0 Å². The fourth-order valence-corrected chi connectivity index (χ4v) is 2.15. The molecule has 3 rings (SSSR count). The predicted molar refractivity (Wildman–Crippen MR) is 70.8 cm³/mol. The molecule has 4 nitrogen and oxygen atoms in total. The van der Waals surface area contributed by atoms with Gasteiger partial charge in [-0.25, -0.2) is 9.50 Å². The highest BCUT2D eigenvalue weighted by atomic mass is 79.9. The van der Waals surface area contributed by atoms with Gasteiger partial charge in [-0.3, -0.25) is 0 Å². The minimum atomic E-state index is 0.622. The van der Waals surface area contributed by atoms with Crippen molar-refractivity contribution in [1.29, 1.82) is 5.26 Å². The highest BCUT2D eigenvalue weighted by Gasteiger charge is 2.11. The molecule has 5 heteroatoms. The van der Waals surface area contributed by atoms with Crippen molar-refractivity contribution in [2.75, 3.05) is 0 Å². The first-order valence-electron chi connectivity index (χ1n) is 5.28. The number of aromatic nitrogens is 3. The third-order valence-electron chi connectivity index (χ3n) is 2.66. The topological polar surface area (TPSA) is 54.0 Å². The van der Waals surface area contributed by atoms with E-state index in [0.29, 0.717) is 5.56 Å². The number of hydrogen-bond acceptors (Lipinski definition) is 3. The quantitative estimate of drug-likeness (QED) is 0.694. The van der Waals surface area contributed by atoms with Gasteiger partial charge < -0.3 is 0 Å². The molecule has 2 heterocycles. The van der Waals surface area contributed by atoms with E-state index in [-0.39, 0.29) is 0 Å². The lowest BCUT2D eigenvalue weighted by Crippen LogP contribution is -1.90. The van der Waals surface area contributed by atoms with Crippen LogP contribution in [0.3, 0.4) is 0 Å². The van der Waals surface area contributed by atoms with Gasteiger partial charge in [0.15, 0.2) is 5.65 Å². The Kier molecular flexibility index (Phi) is 2.58. The van der Waals surface area contributed by atoms with Crippen LogP contribution in [0.1, 0.15) is 5.56 Å². The largest absolute Gasteiger partial charge is 0.235 e. The zero-order chi connectivity index (χ0) is 12.5. The van der Waals surface area contributed by atoms with E-state index >= 15 is 0 Å². The average Bonchev–Trinajstić information content (AvgIpc) is 2.81. The monoisotopic (exact) mass is 298 g/mol. The van der Waals surface area contributed by atoms with Crippen LogP contribution in [0.15, 0.2) is 47.3 Å². The number of nitriles is 1. The van der Waals surface area contributed by atoms with Gasteiger partial charge in [0.1, 0.15) is 0 Å². The summed E-state index contributed by atoms with van der Waals surface area (Å²) in [6.45, 7) is 0. The van der Waals surface area contributed by atoms with Crippen molar-refractivity contribution in [1.82, 2.24) is 14.6 Å². The van der Waals surface area contributed by atoms with Crippen LogP contribution in [0.2, 0.25) is 0 Å². The second kappa shape index (κ2) is 4.24. The summed E-state index contributed by atoms with van der Waals surface area (Å²) in [5.74, 6) is 0. The first-order chi connectivity index (χ1) is 8.79. The molecule has 0 atom stereocenters. The minimum Gasteiger partial charge on any atom is -0.235 e. The molecule has 18 heavy (non-hydrogen) atoms. The summed E-state index contributed by atoms with van der Waals surface area (Å²) in [7, 11) is 0. The van der Waals surface area contributed by atoms with E-state index in [9.17, 15) is 0 Å². The normalized spacial score (nSPS) is 10.4. The Hall–Kier alpha value is -2.19. The first kappa shape index (κ1) is 10.9. The molecule has 0 saturated heterocycles. The van der Waals surface area contributed by atoms with Crippen LogP contribution in [-0.4, -0.2) is 14.6 Å². The van der Waals surface area contributed by atoms with Gasteiger partial charge in [0.05, 0.1) is 22.3 Å². The number of hydrogen-bond donors (Lipinski definition) is 0. The number of halogens is 1. The molecule has 0 fully saturated rings. The summed E-state index contributed by atoms with van der Waals surface area (Å²) < 4.78 is 2.55. The summed E-state index contributed by atoms with van der Waals surface area (Å²) in [5.41, 5.74) is 3.07. The predicted octanol–water partition coefficient (Wildman–Crippen LogP) is 3.03. The highest BCUT2D eigenvalue weighted by molar-refractivity contribution is 9.10. The maximum Gasteiger partial charge on any atom is 0.162 e. The molecule has 0 saturated carbocycles. The second-order valence-corrected chi connectivity index (χ2v) is 4.67. The van der Waals surface area contributed by atoms with Crippen molar-refractivity contribution in [2.45, 2.75) is 0 Å². The summed E-state index contributed by atoms with van der Waals surface area (Å²) in [6.07, 6.45) is 5.28. The van der Waals surface area contributed by atoms with Gasteiger partial charge in [-0.2, -0.15) is 10.4 Å². The molecule has 0 aliphatic rings. The van der Waals surface area contributed by atoms with Crippen LogP contribution in [0, 0.1) is 11.3 Å². The Morgan fingerprint density at radius 3 is 2.83 bits per heavy atom. The fraction of sp³-hybridized carbons (Fsp3) is 0. The molecular weight excluding hydrogens is 292 g/mol. The van der Waals surface area contributed by atoms with Gasteiger partial charge in [-0.05, 0) is 22.0 Å². The van der Waals surface area contributed by atoms with Crippen molar-refractivity contribution in [2.24, 2.45) is 0 Å². The Morgan fingerprint density at radius 1 is 1.17 bits per heavy atom. The molecule has 3 aromatic rings. The molecular formula is C13H7BrN4. The van der Waals surface area contributed by atoms with Crippen LogP contribution in [0.5, 0.6) is 0 Å². The molecule has 86 valence electrons. The average molecular weight is 299 g/mol. The lowest BCUT2D eigenvalue weighted by molar-refractivity contribution is 0.933. The van der Waals surface area contributed by atoms with Gasteiger partial charge in [0.25, 0.3) is 0 Å². The summed E-state index contributed by atoms with van der Waals surface area (Å²) in [5, 5.41) is 13.4. The van der Waals surface area contributed by atoms with Crippen LogP contribution >= 0.6 is 15.9 Å². The Bertz CT molecular complexity index is 770. The third-order valence-corrected chi connectivity index (χ3v) is 3.07. The van der Waals surface area contributed by atoms with Gasteiger partial charge in [0, 0.05) is 23.5 Å². The minimum absolute atomic E-state index is 0.622. The highest BCUT2D eigenvalue weighted by Crippen LogP contribution is 2.26. The van der Waals surface area contributed by atoms with Crippen LogP contribution in [0.25, 0.3) is 16.8 Å². The third kappa shape index (κ3) is 1.67. The number of fused-ring (bicyclic) bond motifs is 1. The van der Waals surface area contributed by atoms with Crippen molar-refractivity contribution >= 4 is 21.6 Å². The van der Waals surface area contributed by atoms with Crippen LogP contribution in [0.4, 0.5) is 0 Å². The van der Waals surface area contributed by atoms with E-state index in [0.717, 1.165) is 21.2 Å². The lowest BCUT2D eigenvalue weighted by atomic mass is 10.0. The molecule has 2 aromatic heterocycles. The molecule has 0 radical (unpaired) electrons. The second-order valence-electron chi connectivity index (χ2n) is 3.76. The van der Waals surface area contributed by atoms with Gasteiger partial charge in [-0.15, -0.1) is 0 Å². The van der Waals surface area contributed by atoms with E-state index < -0.39 is 0 Å². The maximum atomic E-state index is 9.13. The molecule has 0 unspecified atom stereocenters. The molecule has 0 amide bonds. The van der Waals surface area contributed by atoms with E-state index in [1.165, 1.54) is 0 Å². The zero-order valence-electron chi connectivity index (χ0n) is 9.21. The molecule has 0 aliphatic heterocycles. The van der Waals surface area contributed by atoms with Gasteiger partial charge in [0.2, 0.25) is 0 Å². The van der Waals surface area contributed by atoms with Crippen molar-refractivity contribution in [3.8, 4) is 17.2 Å². The Balaban J connectivity index is 2.30. The van der Waals surface area contributed by atoms with Crippen LogP contribution in [-0.2, 0) is 0 Å². The lowest BCUT2D eigenvalue weighted by Gasteiger charge is -2.01. The smallest absolute Gasteiger partial charge is 0.162 e. The van der Waals surface area contributed by atoms with E-state index in [1.807, 2.05) is 24.4 Å². The van der Waals surface area contributed by atoms with E-state index in [1.54, 1.807) is 23.0 Å². The molecule has 0 N–H and O–H groups in total. The standard InChI is InChI=1S/C13H7BrN4/c14-10-6-16-13-12(7-17-18(13)8-10)11-4-2-1-3-9(11)5-15/h1-4,6-8H. The first-order valence-corrected chi connectivity index (χ1v) is 6.07. The molecule has 1 aromatic carbocycles. The molecule has 0 aliphatic carbocycles. The van der Waals surface area contributed by atoms with Gasteiger partial charge in [-0.1, -0.05) is 18.2 Å². The van der Waals surface area contributed by atoms with Crippen LogP contribution < -0.4 is 0 Å².